The third-order valence-electron chi connectivity index (χ3n) is 4.65. The van der Waals surface area contributed by atoms with E-state index in [-0.39, 0.29) is 18.6 Å². The molecule has 3 aromatic rings. The molecule has 0 aliphatic rings. The van der Waals surface area contributed by atoms with Gasteiger partial charge in [0.05, 0.1) is 6.61 Å². The van der Waals surface area contributed by atoms with Gasteiger partial charge in [-0.2, -0.15) is 13.2 Å². The van der Waals surface area contributed by atoms with Crippen LogP contribution >= 0.6 is 0 Å². The third-order valence-corrected chi connectivity index (χ3v) is 4.65. The van der Waals surface area contributed by atoms with E-state index in [0.29, 0.717) is 28.1 Å². The molecule has 0 aliphatic carbocycles. The molecule has 2 N–H and O–H groups in total. The Balaban J connectivity index is 1.86. The molecule has 0 aliphatic heterocycles. The quantitative estimate of drug-likeness (QED) is 0.489. The number of halogens is 3. The number of hydrogen-bond donors (Lipinski definition) is 2. The van der Waals surface area contributed by atoms with Crippen LogP contribution in [0.5, 0.6) is 5.75 Å². The summed E-state index contributed by atoms with van der Waals surface area (Å²) in [5.74, 6) is -0.930. The zero-order chi connectivity index (χ0) is 22.6. The van der Waals surface area contributed by atoms with Crippen LogP contribution in [0, 0.1) is 6.92 Å². The van der Waals surface area contributed by atoms with Crippen molar-refractivity contribution >= 4 is 5.97 Å². The molecule has 0 spiro atoms. The van der Waals surface area contributed by atoms with Crippen molar-refractivity contribution in [3.63, 3.8) is 0 Å². The standard InChI is InChI=1S/C23H20F3NO4/c1-14-3-5-15(6-4-14)18-13-19(27-21(28)20(18)22(29)30)16-7-9-17(10-8-16)31-12-2-11-23(24,25)26/h3-10,13H,2,11-12H2,1H3,(H,27,28)(H,29,30). The first-order chi connectivity index (χ1) is 14.6. The summed E-state index contributed by atoms with van der Waals surface area (Å²) in [4.78, 5) is 26.7. The molecule has 0 radical (unpaired) electrons. The van der Waals surface area contributed by atoms with Gasteiger partial charge < -0.3 is 14.8 Å². The Morgan fingerprint density at radius 1 is 1.03 bits per heavy atom. The van der Waals surface area contributed by atoms with Crippen LogP contribution in [0.3, 0.4) is 0 Å². The van der Waals surface area contributed by atoms with E-state index < -0.39 is 24.1 Å². The van der Waals surface area contributed by atoms with Crippen molar-refractivity contribution in [3.8, 4) is 28.1 Å². The topological polar surface area (TPSA) is 79.4 Å². The molecule has 5 nitrogen and oxygen atoms in total. The predicted molar refractivity (Wildman–Crippen MR) is 110 cm³/mol. The van der Waals surface area contributed by atoms with Gasteiger partial charge in [-0.1, -0.05) is 29.8 Å². The number of carbonyl (C=O) groups is 1. The molecule has 1 heterocycles. The number of nitrogens with one attached hydrogen (secondary N) is 1. The summed E-state index contributed by atoms with van der Waals surface area (Å²) in [7, 11) is 0. The molecule has 8 heteroatoms. The van der Waals surface area contributed by atoms with E-state index in [9.17, 15) is 27.9 Å². The van der Waals surface area contributed by atoms with Gasteiger partial charge in [-0.25, -0.2) is 4.79 Å². The largest absolute Gasteiger partial charge is 0.494 e. The average molecular weight is 431 g/mol. The summed E-state index contributed by atoms with van der Waals surface area (Å²) in [5, 5.41) is 9.51. The normalized spacial score (nSPS) is 11.4. The van der Waals surface area contributed by atoms with Crippen molar-refractivity contribution in [1.82, 2.24) is 4.98 Å². The molecular weight excluding hydrogens is 411 g/mol. The van der Waals surface area contributed by atoms with E-state index in [1.807, 2.05) is 19.1 Å². The summed E-state index contributed by atoms with van der Waals surface area (Å²) in [5.41, 5.74) is 1.82. The minimum atomic E-state index is -4.21. The van der Waals surface area contributed by atoms with E-state index in [2.05, 4.69) is 4.98 Å². The molecule has 1 aromatic heterocycles. The van der Waals surface area contributed by atoms with Gasteiger partial charge in [-0.15, -0.1) is 0 Å². The van der Waals surface area contributed by atoms with Crippen LogP contribution in [-0.2, 0) is 0 Å². The number of H-pyrrole nitrogens is 1. The first-order valence-corrected chi connectivity index (χ1v) is 9.52. The lowest BCUT2D eigenvalue weighted by Crippen LogP contribution is -2.19. The second-order valence-electron chi connectivity index (χ2n) is 7.06. The summed E-state index contributed by atoms with van der Waals surface area (Å²) < 4.78 is 41.9. The van der Waals surface area contributed by atoms with Crippen molar-refractivity contribution in [3.05, 3.63) is 76.1 Å². The summed E-state index contributed by atoms with van der Waals surface area (Å²) >= 11 is 0. The fourth-order valence-corrected chi connectivity index (χ4v) is 3.08. The van der Waals surface area contributed by atoms with Crippen LogP contribution in [0.1, 0.15) is 28.8 Å². The van der Waals surface area contributed by atoms with Gasteiger partial charge in [0.2, 0.25) is 0 Å². The highest BCUT2D eigenvalue weighted by Crippen LogP contribution is 2.28. The zero-order valence-electron chi connectivity index (χ0n) is 16.6. The summed E-state index contributed by atoms with van der Waals surface area (Å²) in [6.45, 7) is 1.83. The third kappa shape index (κ3) is 5.75. The van der Waals surface area contributed by atoms with Gasteiger partial charge in [-0.05, 0) is 54.8 Å². The fraction of sp³-hybridized carbons (Fsp3) is 0.217. The highest BCUT2D eigenvalue weighted by molar-refractivity contribution is 5.96. The number of aryl methyl sites for hydroxylation is 1. The van der Waals surface area contributed by atoms with Gasteiger partial charge in [0, 0.05) is 17.7 Å². The Labute approximate surface area is 176 Å². The maximum atomic E-state index is 12.5. The smallest absolute Gasteiger partial charge is 0.389 e. The number of rotatable bonds is 7. The van der Waals surface area contributed by atoms with E-state index in [1.165, 1.54) is 0 Å². The molecule has 3 rings (SSSR count). The number of carboxylic acid groups (broad SMARTS) is 1. The second kappa shape index (κ2) is 9.07. The van der Waals surface area contributed by atoms with Crippen LogP contribution in [0.15, 0.2) is 59.4 Å². The number of hydrogen-bond acceptors (Lipinski definition) is 3. The first-order valence-electron chi connectivity index (χ1n) is 9.52. The van der Waals surface area contributed by atoms with Gasteiger partial charge in [0.25, 0.3) is 5.56 Å². The number of pyridine rings is 1. The molecule has 0 amide bonds. The van der Waals surface area contributed by atoms with Crippen molar-refractivity contribution in [2.24, 2.45) is 0 Å². The number of ether oxygens (including phenoxy) is 1. The number of aromatic amines is 1. The molecule has 0 saturated carbocycles. The van der Waals surface area contributed by atoms with Crippen molar-refractivity contribution in [2.45, 2.75) is 25.9 Å². The number of benzene rings is 2. The predicted octanol–water partition coefficient (Wildman–Crippen LogP) is 5.44. The molecule has 2 aromatic carbocycles. The lowest BCUT2D eigenvalue weighted by atomic mass is 9.98. The monoisotopic (exact) mass is 431 g/mol. The van der Waals surface area contributed by atoms with Crippen LogP contribution in [-0.4, -0.2) is 28.8 Å². The SMILES string of the molecule is Cc1ccc(-c2cc(-c3ccc(OCCCC(F)(F)F)cc3)[nH]c(=O)c2C(=O)O)cc1. The highest BCUT2D eigenvalue weighted by Gasteiger charge is 2.26. The number of aromatic carboxylic acids is 1. The highest BCUT2D eigenvalue weighted by atomic mass is 19.4. The molecule has 0 saturated heterocycles. The molecular formula is C23H20F3NO4. The average Bonchev–Trinajstić information content (AvgIpc) is 2.70. The Kier molecular flexibility index (Phi) is 6.48. The lowest BCUT2D eigenvalue weighted by Gasteiger charge is -2.11. The summed E-state index contributed by atoms with van der Waals surface area (Å²) in [6.07, 6.45) is -5.27. The lowest BCUT2D eigenvalue weighted by molar-refractivity contribution is -0.136. The van der Waals surface area contributed by atoms with Crippen LogP contribution < -0.4 is 10.3 Å². The molecule has 31 heavy (non-hydrogen) atoms. The fourth-order valence-electron chi connectivity index (χ4n) is 3.08. The van der Waals surface area contributed by atoms with Gasteiger partial charge in [-0.3, -0.25) is 4.79 Å². The first kappa shape index (κ1) is 22.1. The van der Waals surface area contributed by atoms with Crippen molar-refractivity contribution in [2.75, 3.05) is 6.61 Å². The Morgan fingerprint density at radius 2 is 1.65 bits per heavy atom. The van der Waals surface area contributed by atoms with E-state index in [1.54, 1.807) is 42.5 Å². The van der Waals surface area contributed by atoms with Crippen LogP contribution in [0.25, 0.3) is 22.4 Å². The van der Waals surface area contributed by atoms with Crippen molar-refractivity contribution < 1.29 is 27.8 Å². The van der Waals surface area contributed by atoms with Crippen molar-refractivity contribution in [1.29, 1.82) is 0 Å². The number of alkyl halides is 3. The Hall–Kier alpha value is -3.55. The van der Waals surface area contributed by atoms with Crippen LogP contribution in [0.2, 0.25) is 0 Å². The van der Waals surface area contributed by atoms with Gasteiger partial charge in [0.1, 0.15) is 11.3 Å². The van der Waals surface area contributed by atoms with E-state index >= 15 is 0 Å². The molecule has 0 atom stereocenters. The number of aromatic nitrogens is 1. The second-order valence-corrected chi connectivity index (χ2v) is 7.06. The minimum Gasteiger partial charge on any atom is -0.494 e. The van der Waals surface area contributed by atoms with Crippen LogP contribution in [0.4, 0.5) is 13.2 Å². The zero-order valence-corrected chi connectivity index (χ0v) is 16.6. The molecule has 0 bridgehead atoms. The maximum Gasteiger partial charge on any atom is 0.389 e. The minimum absolute atomic E-state index is 0.0689. The molecule has 0 unspecified atom stereocenters. The Morgan fingerprint density at radius 3 is 2.23 bits per heavy atom. The van der Waals surface area contributed by atoms with E-state index in [4.69, 9.17) is 4.74 Å². The Bertz CT molecular complexity index is 1120. The number of carboxylic acids is 1. The summed E-state index contributed by atoms with van der Waals surface area (Å²) in [6, 6.07) is 15.2. The maximum absolute atomic E-state index is 12.5. The van der Waals surface area contributed by atoms with E-state index in [0.717, 1.165) is 5.56 Å². The van der Waals surface area contributed by atoms with Gasteiger partial charge in [0.15, 0.2) is 0 Å². The molecule has 162 valence electrons. The van der Waals surface area contributed by atoms with Gasteiger partial charge >= 0.3 is 12.1 Å². The molecule has 0 fully saturated rings.